The van der Waals surface area contributed by atoms with Gasteiger partial charge in [0.2, 0.25) is 0 Å². The van der Waals surface area contributed by atoms with Gasteiger partial charge in [-0.3, -0.25) is 4.79 Å². The Morgan fingerprint density at radius 1 is 1.05 bits per heavy atom. The Balaban J connectivity index is 2.03. The van der Waals surface area contributed by atoms with E-state index in [9.17, 15) is 4.79 Å². The molecule has 1 amide bonds. The van der Waals surface area contributed by atoms with E-state index in [0.29, 0.717) is 0 Å². The number of carbonyl (C=O) groups excluding carboxylic acids is 1. The molecule has 2 rings (SSSR count). The predicted molar refractivity (Wildman–Crippen MR) is 79.7 cm³/mol. The lowest BCUT2D eigenvalue weighted by molar-refractivity contribution is 0.0919. The Hall–Kier alpha value is -1.51. The lowest BCUT2D eigenvalue weighted by atomic mass is 10.1. The largest absolute Gasteiger partial charge is 0.372 e. The van der Waals surface area contributed by atoms with Crippen LogP contribution in [0.1, 0.15) is 50.4 Å². The molecule has 0 bridgehead atoms. The number of nitrogens with zero attached hydrogens (tertiary/aromatic N) is 1. The van der Waals surface area contributed by atoms with E-state index in [-0.39, 0.29) is 11.4 Å². The fourth-order valence-electron chi connectivity index (χ4n) is 2.39. The first-order chi connectivity index (χ1) is 8.96. The van der Waals surface area contributed by atoms with Crippen molar-refractivity contribution in [1.82, 2.24) is 5.32 Å². The molecule has 1 aliphatic heterocycles. The van der Waals surface area contributed by atoms with Gasteiger partial charge in [0.1, 0.15) is 0 Å². The van der Waals surface area contributed by atoms with Crippen LogP contribution in [0.4, 0.5) is 5.69 Å². The Bertz CT molecular complexity index is 425. The minimum absolute atomic E-state index is 0.00214. The van der Waals surface area contributed by atoms with Crippen LogP contribution in [0.2, 0.25) is 0 Å². The van der Waals surface area contributed by atoms with Crippen molar-refractivity contribution in [3.05, 3.63) is 29.8 Å². The van der Waals surface area contributed by atoms with E-state index in [2.05, 4.69) is 22.3 Å². The molecule has 1 aromatic carbocycles. The van der Waals surface area contributed by atoms with E-state index in [1.54, 1.807) is 0 Å². The van der Waals surface area contributed by atoms with Crippen molar-refractivity contribution < 1.29 is 4.79 Å². The van der Waals surface area contributed by atoms with Gasteiger partial charge in [-0.05, 0) is 64.3 Å². The highest BCUT2D eigenvalue weighted by atomic mass is 16.1. The number of piperidine rings is 1. The van der Waals surface area contributed by atoms with Crippen LogP contribution in [-0.4, -0.2) is 24.5 Å². The van der Waals surface area contributed by atoms with Crippen LogP contribution in [0, 0.1) is 0 Å². The fraction of sp³-hybridized carbons (Fsp3) is 0.562. The molecule has 1 N–H and O–H groups in total. The highest BCUT2D eigenvalue weighted by Gasteiger charge is 2.16. The van der Waals surface area contributed by atoms with Crippen LogP contribution >= 0.6 is 0 Å². The van der Waals surface area contributed by atoms with Gasteiger partial charge in [-0.15, -0.1) is 0 Å². The topological polar surface area (TPSA) is 32.3 Å². The standard InChI is InChI=1S/C16H24N2O/c1-16(2,3)17-15(19)13-7-9-14(10-8-13)18-11-5-4-6-12-18/h7-10H,4-6,11-12H2,1-3H3,(H,17,19). The van der Waals surface area contributed by atoms with Crippen molar-refractivity contribution in [3.63, 3.8) is 0 Å². The fourth-order valence-corrected chi connectivity index (χ4v) is 2.39. The molecule has 19 heavy (non-hydrogen) atoms. The van der Waals surface area contributed by atoms with Crippen LogP contribution in [-0.2, 0) is 0 Å². The minimum atomic E-state index is -0.192. The van der Waals surface area contributed by atoms with Gasteiger partial charge in [-0.2, -0.15) is 0 Å². The molecule has 0 unspecified atom stereocenters. The van der Waals surface area contributed by atoms with Crippen molar-refractivity contribution in [1.29, 1.82) is 0 Å². The highest BCUT2D eigenvalue weighted by Crippen LogP contribution is 2.20. The zero-order chi connectivity index (χ0) is 13.9. The summed E-state index contributed by atoms with van der Waals surface area (Å²) in [6.45, 7) is 8.24. The third-order valence-corrected chi connectivity index (χ3v) is 3.34. The minimum Gasteiger partial charge on any atom is -0.372 e. The summed E-state index contributed by atoms with van der Waals surface area (Å²) in [4.78, 5) is 14.4. The van der Waals surface area contributed by atoms with Crippen molar-refractivity contribution in [2.75, 3.05) is 18.0 Å². The van der Waals surface area contributed by atoms with E-state index >= 15 is 0 Å². The molecule has 1 saturated heterocycles. The molecule has 0 saturated carbocycles. The summed E-state index contributed by atoms with van der Waals surface area (Å²) in [6.07, 6.45) is 3.88. The number of carbonyl (C=O) groups is 1. The normalized spacial score (nSPS) is 16.3. The number of nitrogens with one attached hydrogen (secondary N) is 1. The first-order valence-electron chi connectivity index (χ1n) is 7.13. The molecule has 1 aromatic rings. The number of anilines is 1. The zero-order valence-corrected chi connectivity index (χ0v) is 12.2. The summed E-state index contributed by atoms with van der Waals surface area (Å²) in [6, 6.07) is 7.96. The molecule has 1 heterocycles. The van der Waals surface area contributed by atoms with E-state index in [1.165, 1.54) is 24.9 Å². The second kappa shape index (κ2) is 5.64. The number of rotatable bonds is 2. The van der Waals surface area contributed by atoms with Gasteiger partial charge in [-0.25, -0.2) is 0 Å². The molecular formula is C16H24N2O. The first-order valence-corrected chi connectivity index (χ1v) is 7.13. The number of benzene rings is 1. The van der Waals surface area contributed by atoms with Gasteiger partial charge < -0.3 is 10.2 Å². The SMILES string of the molecule is CC(C)(C)NC(=O)c1ccc(N2CCCCC2)cc1. The van der Waals surface area contributed by atoms with Crippen molar-refractivity contribution >= 4 is 11.6 Å². The van der Waals surface area contributed by atoms with E-state index < -0.39 is 0 Å². The summed E-state index contributed by atoms with van der Waals surface area (Å²) in [5.74, 6) is -0.00214. The highest BCUT2D eigenvalue weighted by molar-refractivity contribution is 5.94. The van der Waals surface area contributed by atoms with E-state index in [4.69, 9.17) is 0 Å². The molecule has 3 heteroatoms. The molecule has 0 spiro atoms. The summed E-state index contributed by atoms with van der Waals surface area (Å²) in [5.41, 5.74) is 1.77. The maximum Gasteiger partial charge on any atom is 0.251 e. The van der Waals surface area contributed by atoms with Crippen LogP contribution in [0.15, 0.2) is 24.3 Å². The van der Waals surface area contributed by atoms with Gasteiger partial charge >= 0.3 is 0 Å². The van der Waals surface area contributed by atoms with Gasteiger partial charge in [0.25, 0.3) is 5.91 Å². The van der Waals surface area contributed by atoms with Gasteiger partial charge in [0.15, 0.2) is 0 Å². The van der Waals surface area contributed by atoms with Gasteiger partial charge in [0.05, 0.1) is 0 Å². The number of hydrogen-bond donors (Lipinski definition) is 1. The van der Waals surface area contributed by atoms with E-state index in [1.807, 2.05) is 32.9 Å². The molecule has 0 atom stereocenters. The van der Waals surface area contributed by atoms with Crippen LogP contribution in [0.25, 0.3) is 0 Å². The molecule has 0 aromatic heterocycles. The van der Waals surface area contributed by atoms with Crippen molar-refractivity contribution in [3.8, 4) is 0 Å². The molecular weight excluding hydrogens is 236 g/mol. The molecule has 104 valence electrons. The van der Waals surface area contributed by atoms with Crippen LogP contribution in [0.5, 0.6) is 0 Å². The smallest absolute Gasteiger partial charge is 0.251 e. The average molecular weight is 260 g/mol. The van der Waals surface area contributed by atoms with E-state index in [0.717, 1.165) is 18.7 Å². The Labute approximate surface area is 116 Å². The maximum absolute atomic E-state index is 12.0. The van der Waals surface area contributed by atoms with Crippen molar-refractivity contribution in [2.24, 2.45) is 0 Å². The molecule has 1 aliphatic rings. The zero-order valence-electron chi connectivity index (χ0n) is 12.2. The lowest BCUT2D eigenvalue weighted by Crippen LogP contribution is -2.40. The number of amides is 1. The summed E-state index contributed by atoms with van der Waals surface area (Å²) in [7, 11) is 0. The Morgan fingerprint density at radius 2 is 1.63 bits per heavy atom. The Morgan fingerprint density at radius 3 is 2.16 bits per heavy atom. The molecule has 0 radical (unpaired) electrons. The van der Waals surface area contributed by atoms with Gasteiger partial charge in [-0.1, -0.05) is 0 Å². The van der Waals surface area contributed by atoms with Crippen LogP contribution < -0.4 is 10.2 Å². The second-order valence-corrected chi connectivity index (χ2v) is 6.30. The monoisotopic (exact) mass is 260 g/mol. The summed E-state index contributed by atoms with van der Waals surface area (Å²) in [5, 5.41) is 2.98. The third kappa shape index (κ3) is 3.98. The summed E-state index contributed by atoms with van der Waals surface area (Å²) >= 11 is 0. The average Bonchev–Trinajstić information content (AvgIpc) is 2.38. The predicted octanol–water partition coefficient (Wildman–Crippen LogP) is 3.21. The lowest BCUT2D eigenvalue weighted by Gasteiger charge is -2.29. The molecule has 1 fully saturated rings. The third-order valence-electron chi connectivity index (χ3n) is 3.34. The maximum atomic E-state index is 12.0. The molecule has 3 nitrogen and oxygen atoms in total. The number of hydrogen-bond acceptors (Lipinski definition) is 2. The first kappa shape index (κ1) is 13.9. The second-order valence-electron chi connectivity index (χ2n) is 6.30. The van der Waals surface area contributed by atoms with Gasteiger partial charge in [0, 0.05) is 29.9 Å². The quantitative estimate of drug-likeness (QED) is 0.885. The van der Waals surface area contributed by atoms with Crippen LogP contribution in [0.3, 0.4) is 0 Å². The Kier molecular flexibility index (Phi) is 4.13. The summed E-state index contributed by atoms with van der Waals surface area (Å²) < 4.78 is 0. The van der Waals surface area contributed by atoms with Crippen molar-refractivity contribution in [2.45, 2.75) is 45.6 Å². The molecule has 0 aliphatic carbocycles.